The van der Waals surface area contributed by atoms with E-state index in [1.54, 1.807) is 0 Å². The third kappa shape index (κ3) is 5.48. The fraction of sp³-hybridized carbons (Fsp3) is 0.524. The van der Waals surface area contributed by atoms with Crippen LogP contribution >= 0.6 is 15.4 Å². The lowest BCUT2D eigenvalue weighted by atomic mass is 10.1. The maximum Gasteiger partial charge on any atom is 0.472 e. The molecule has 3 aliphatic rings. The Hall–Kier alpha value is -3.47. The highest BCUT2D eigenvalue weighted by molar-refractivity contribution is 7.52. The highest BCUT2D eigenvalue weighted by Crippen LogP contribution is 2.52. The highest BCUT2D eigenvalue weighted by Gasteiger charge is 2.53. The largest absolute Gasteiger partial charge is 0.472 e. The number of nitrogens with two attached hydrogens (primary N) is 2. The lowest BCUT2D eigenvalue weighted by Crippen LogP contribution is -2.37. The summed E-state index contributed by atoms with van der Waals surface area (Å²) >= 11 is 0. The molecule has 0 bridgehead atoms. The number of nitrogens with zero attached hydrogens (tertiary/aromatic N) is 7. The van der Waals surface area contributed by atoms with Crippen molar-refractivity contribution in [3.63, 3.8) is 0 Å². The number of aromatic nitrogens is 8. The van der Waals surface area contributed by atoms with Crippen molar-refractivity contribution in [2.24, 2.45) is 0 Å². The van der Waals surface area contributed by atoms with E-state index in [1.165, 1.54) is 10.9 Å². The molecular formula is C21H25FN10O12P2. The van der Waals surface area contributed by atoms with E-state index in [-0.39, 0.29) is 34.1 Å². The zero-order valence-electron chi connectivity index (χ0n) is 23.0. The average molecular weight is 690 g/mol. The standard InChI is InChI=1S/C21H25FN10O12P2/c22-9-13-7(42-19(9)32-5-28-11-17(32)29-21(24)30-18(11)34)1-40-45(35,36)6-39-14-8(2-41-46(37,38)44-13)43-20(12(14)33)31-4-27-10-15(23)25-3-26-16(10)31/h3-5,7-9,12-14,19-20,33H,1-2,6H2,(H,35,36)(H,37,38)(H2,23,25,26)(H3,24,29,30,34)/t7-,8-,9+,12+,13?,14?,19-,20-/m1/s1. The van der Waals surface area contributed by atoms with Crippen LogP contribution in [0.3, 0.4) is 0 Å². The van der Waals surface area contributed by atoms with E-state index >= 15 is 4.39 Å². The molecule has 10 atom stereocenters. The molecule has 7 heterocycles. The van der Waals surface area contributed by atoms with Crippen molar-refractivity contribution in [2.75, 3.05) is 31.0 Å². The number of H-pyrrole nitrogens is 1. The summed E-state index contributed by atoms with van der Waals surface area (Å²) in [6.07, 6.45) is -10.6. The minimum Gasteiger partial charge on any atom is -0.386 e. The molecule has 0 spiro atoms. The smallest absolute Gasteiger partial charge is 0.386 e. The zero-order chi connectivity index (χ0) is 32.5. The van der Waals surface area contributed by atoms with Crippen molar-refractivity contribution in [3.05, 3.63) is 29.3 Å². The third-order valence-electron chi connectivity index (χ3n) is 7.49. The van der Waals surface area contributed by atoms with Gasteiger partial charge >= 0.3 is 15.4 Å². The highest BCUT2D eigenvalue weighted by atomic mass is 31.2. The van der Waals surface area contributed by atoms with Gasteiger partial charge in [0, 0.05) is 0 Å². The molecule has 0 radical (unpaired) electrons. The molecular weight excluding hydrogens is 665 g/mol. The second-order valence-electron chi connectivity index (χ2n) is 10.5. The summed E-state index contributed by atoms with van der Waals surface area (Å²) in [6.45, 7) is -1.61. The van der Waals surface area contributed by atoms with Crippen molar-refractivity contribution in [1.29, 1.82) is 0 Å². The molecule has 8 N–H and O–H groups in total. The van der Waals surface area contributed by atoms with Gasteiger partial charge in [0.15, 0.2) is 41.3 Å². The van der Waals surface area contributed by atoms with Gasteiger partial charge in [-0.2, -0.15) is 4.98 Å². The molecule has 4 aromatic heterocycles. The van der Waals surface area contributed by atoms with Gasteiger partial charge < -0.3 is 45.1 Å². The Labute approximate surface area is 254 Å². The molecule has 0 saturated carbocycles. The van der Waals surface area contributed by atoms with Gasteiger partial charge in [0.2, 0.25) is 5.95 Å². The predicted molar refractivity (Wildman–Crippen MR) is 147 cm³/mol. The summed E-state index contributed by atoms with van der Waals surface area (Å²) in [5.74, 6) is -0.254. The summed E-state index contributed by atoms with van der Waals surface area (Å²) in [4.78, 5) is 55.5. The van der Waals surface area contributed by atoms with Crippen LogP contribution in [0.15, 0.2) is 23.8 Å². The summed E-state index contributed by atoms with van der Waals surface area (Å²) in [5, 5.41) is 11.1. The first-order chi connectivity index (χ1) is 21.8. The number of aromatic amines is 1. The molecule has 3 saturated heterocycles. The average Bonchev–Trinajstić information content (AvgIpc) is 3.75. The number of fused-ring (bicyclic) bond motifs is 4. The molecule has 0 amide bonds. The van der Waals surface area contributed by atoms with Crippen molar-refractivity contribution >= 4 is 49.5 Å². The normalized spacial score (nSPS) is 37.4. The number of hydrogen-bond donors (Lipinski definition) is 6. The Morgan fingerprint density at radius 3 is 2.39 bits per heavy atom. The van der Waals surface area contributed by atoms with Crippen LogP contribution in [0.4, 0.5) is 16.2 Å². The summed E-state index contributed by atoms with van der Waals surface area (Å²) < 4.78 is 76.9. The quantitative estimate of drug-likeness (QED) is 0.133. The van der Waals surface area contributed by atoms with E-state index in [9.17, 15) is 28.8 Å². The van der Waals surface area contributed by atoms with E-state index < -0.39 is 89.7 Å². The minimum atomic E-state index is -5.15. The molecule has 4 unspecified atom stereocenters. The third-order valence-corrected chi connectivity index (χ3v) is 9.50. The predicted octanol–water partition coefficient (Wildman–Crippen LogP) is -1.32. The van der Waals surface area contributed by atoms with E-state index in [0.29, 0.717) is 0 Å². The number of imidazole rings is 2. The molecule has 46 heavy (non-hydrogen) atoms. The summed E-state index contributed by atoms with van der Waals surface area (Å²) in [5.41, 5.74) is 10.7. The monoisotopic (exact) mass is 690 g/mol. The fourth-order valence-electron chi connectivity index (χ4n) is 5.41. The van der Waals surface area contributed by atoms with Gasteiger partial charge in [-0.25, -0.2) is 28.9 Å². The minimum absolute atomic E-state index is 0.0491. The number of hydrogen-bond acceptors (Lipinski definition) is 17. The van der Waals surface area contributed by atoms with Gasteiger partial charge in [-0.1, -0.05) is 0 Å². The Morgan fingerprint density at radius 1 is 0.935 bits per heavy atom. The van der Waals surface area contributed by atoms with Crippen LogP contribution < -0.4 is 17.0 Å². The maximum atomic E-state index is 16.0. The molecule has 22 nitrogen and oxygen atoms in total. The SMILES string of the molecule is Nc1nc2c(ncn2[C@@H]2O[C@@H]3COP(=O)(O)COC4[C@@H](COP(=O)(O)OC3[C@@H]2F)O[C@@H](n2cnc3c(N)ncnc32)[C@H]4O)c(=O)[nH]1. The Morgan fingerprint density at radius 2 is 1.61 bits per heavy atom. The molecule has 0 aliphatic carbocycles. The number of phosphoric acid groups is 1. The number of ether oxygens (including phenoxy) is 3. The Bertz CT molecular complexity index is 1960. The molecule has 7 rings (SSSR count). The number of rotatable bonds is 2. The topological polar surface area (TPSA) is 309 Å². The number of nitrogens with one attached hydrogen (secondary N) is 1. The van der Waals surface area contributed by atoms with Gasteiger partial charge in [-0.15, -0.1) is 0 Å². The van der Waals surface area contributed by atoms with Crippen LogP contribution in [-0.2, 0) is 36.9 Å². The Kier molecular flexibility index (Phi) is 7.68. The summed E-state index contributed by atoms with van der Waals surface area (Å²) in [7, 11) is -9.81. The van der Waals surface area contributed by atoms with Gasteiger partial charge in [-0.3, -0.25) is 32.5 Å². The van der Waals surface area contributed by atoms with Crippen LogP contribution in [0.25, 0.3) is 22.3 Å². The van der Waals surface area contributed by atoms with Crippen LogP contribution in [-0.4, -0.2) is 110 Å². The second kappa shape index (κ2) is 11.3. The van der Waals surface area contributed by atoms with E-state index in [2.05, 4.69) is 29.9 Å². The first kappa shape index (κ1) is 31.1. The number of halogens is 1. The molecule has 4 aromatic rings. The lowest BCUT2D eigenvalue weighted by molar-refractivity contribution is -0.0586. The van der Waals surface area contributed by atoms with Crippen LogP contribution in [0.2, 0.25) is 0 Å². The van der Waals surface area contributed by atoms with E-state index in [0.717, 1.165) is 17.2 Å². The molecule has 3 fully saturated rings. The second-order valence-corrected chi connectivity index (χ2v) is 13.6. The number of phosphoric ester groups is 1. The number of aliphatic hydroxyl groups excluding tert-OH is 1. The van der Waals surface area contributed by atoms with Crippen LogP contribution in [0.5, 0.6) is 0 Å². The number of anilines is 2. The molecule has 0 aromatic carbocycles. The first-order valence-electron chi connectivity index (χ1n) is 13.3. The van der Waals surface area contributed by atoms with Crippen molar-refractivity contribution in [3.8, 4) is 0 Å². The van der Waals surface area contributed by atoms with E-state index in [1.807, 2.05) is 0 Å². The van der Waals surface area contributed by atoms with Gasteiger partial charge in [0.1, 0.15) is 48.7 Å². The maximum absolute atomic E-state index is 16.0. The molecule has 3 aliphatic heterocycles. The van der Waals surface area contributed by atoms with Gasteiger partial charge in [0.25, 0.3) is 5.56 Å². The van der Waals surface area contributed by atoms with Crippen LogP contribution in [0.1, 0.15) is 12.5 Å². The van der Waals surface area contributed by atoms with Crippen LogP contribution in [0, 0.1) is 0 Å². The van der Waals surface area contributed by atoms with Gasteiger partial charge in [-0.05, 0) is 0 Å². The molecule has 248 valence electrons. The summed E-state index contributed by atoms with van der Waals surface area (Å²) in [6, 6.07) is 0. The van der Waals surface area contributed by atoms with Crippen molar-refractivity contribution < 1.29 is 56.2 Å². The number of nitrogen functional groups attached to an aromatic ring is 2. The van der Waals surface area contributed by atoms with E-state index in [4.69, 9.17) is 39.2 Å². The first-order valence-corrected chi connectivity index (χ1v) is 16.6. The fourth-order valence-corrected chi connectivity index (χ4v) is 7.18. The van der Waals surface area contributed by atoms with Gasteiger partial charge in [0.05, 0.1) is 25.9 Å². The zero-order valence-corrected chi connectivity index (χ0v) is 24.8. The number of aliphatic hydroxyl groups is 1. The molecule has 25 heteroatoms. The van der Waals surface area contributed by atoms with Crippen molar-refractivity contribution in [1.82, 2.24) is 39.0 Å². The Balaban J connectivity index is 1.16. The van der Waals surface area contributed by atoms with Crippen molar-refractivity contribution in [2.45, 2.75) is 49.1 Å². The number of alkyl halides is 1. The lowest BCUT2D eigenvalue weighted by Gasteiger charge is -2.23.